The standard InChI is InChI=1S/C12H9Cl2N3O/c13-8-4-3-6-9(11(8)14)16-17-12(18)10-5-1-2-7-15-10/h1-7,16H,(H,17,18). The Morgan fingerprint density at radius 3 is 2.67 bits per heavy atom. The van der Waals surface area contributed by atoms with Crippen LogP contribution in [0.5, 0.6) is 0 Å². The van der Waals surface area contributed by atoms with Crippen molar-refractivity contribution < 1.29 is 4.79 Å². The summed E-state index contributed by atoms with van der Waals surface area (Å²) < 4.78 is 0. The van der Waals surface area contributed by atoms with Crippen molar-refractivity contribution in [1.29, 1.82) is 0 Å². The van der Waals surface area contributed by atoms with E-state index in [-0.39, 0.29) is 5.91 Å². The van der Waals surface area contributed by atoms with Gasteiger partial charge in [0.25, 0.3) is 5.91 Å². The Kier molecular flexibility index (Phi) is 4.02. The van der Waals surface area contributed by atoms with E-state index < -0.39 is 0 Å². The van der Waals surface area contributed by atoms with Crippen molar-refractivity contribution in [3.63, 3.8) is 0 Å². The second kappa shape index (κ2) is 5.71. The molecule has 1 heterocycles. The normalized spacial score (nSPS) is 9.89. The molecule has 0 aliphatic carbocycles. The van der Waals surface area contributed by atoms with Crippen LogP contribution in [0, 0.1) is 0 Å². The van der Waals surface area contributed by atoms with E-state index in [4.69, 9.17) is 23.2 Å². The van der Waals surface area contributed by atoms with Gasteiger partial charge in [0.05, 0.1) is 15.7 Å². The highest BCUT2D eigenvalue weighted by Gasteiger charge is 2.07. The average molecular weight is 282 g/mol. The molecule has 0 bridgehead atoms. The Hall–Kier alpha value is -1.78. The molecule has 6 heteroatoms. The minimum Gasteiger partial charge on any atom is -0.297 e. The van der Waals surface area contributed by atoms with E-state index in [1.165, 1.54) is 0 Å². The van der Waals surface area contributed by atoms with Crippen molar-refractivity contribution in [2.45, 2.75) is 0 Å². The van der Waals surface area contributed by atoms with Crippen LogP contribution in [0.1, 0.15) is 10.5 Å². The molecule has 0 atom stereocenters. The number of anilines is 1. The van der Waals surface area contributed by atoms with Gasteiger partial charge in [-0.1, -0.05) is 35.3 Å². The third kappa shape index (κ3) is 2.91. The molecule has 2 N–H and O–H groups in total. The van der Waals surface area contributed by atoms with Crippen molar-refractivity contribution in [2.75, 3.05) is 5.43 Å². The van der Waals surface area contributed by atoms with Crippen molar-refractivity contribution in [2.24, 2.45) is 0 Å². The van der Waals surface area contributed by atoms with Gasteiger partial charge in [-0.05, 0) is 24.3 Å². The number of carbonyl (C=O) groups excluding carboxylic acids is 1. The van der Waals surface area contributed by atoms with Gasteiger partial charge in [-0.15, -0.1) is 0 Å². The third-order valence-electron chi connectivity index (χ3n) is 2.16. The van der Waals surface area contributed by atoms with Crippen LogP contribution in [-0.4, -0.2) is 10.9 Å². The summed E-state index contributed by atoms with van der Waals surface area (Å²) in [5.41, 5.74) is 6.02. The lowest BCUT2D eigenvalue weighted by atomic mass is 10.3. The minimum absolute atomic E-state index is 0.308. The van der Waals surface area contributed by atoms with Crippen LogP contribution in [0.3, 0.4) is 0 Å². The summed E-state index contributed by atoms with van der Waals surface area (Å²) in [5, 5.41) is 0.759. The summed E-state index contributed by atoms with van der Waals surface area (Å²) in [4.78, 5) is 15.6. The van der Waals surface area contributed by atoms with Gasteiger partial charge in [0.2, 0.25) is 0 Å². The SMILES string of the molecule is O=C(NNc1cccc(Cl)c1Cl)c1ccccn1. The van der Waals surface area contributed by atoms with E-state index >= 15 is 0 Å². The summed E-state index contributed by atoms with van der Waals surface area (Å²) in [6, 6.07) is 10.2. The molecule has 2 aromatic rings. The molecule has 18 heavy (non-hydrogen) atoms. The maximum absolute atomic E-state index is 11.7. The van der Waals surface area contributed by atoms with Crippen LogP contribution in [0.15, 0.2) is 42.6 Å². The molecular weight excluding hydrogens is 273 g/mol. The van der Waals surface area contributed by atoms with E-state index in [2.05, 4.69) is 15.8 Å². The monoisotopic (exact) mass is 281 g/mol. The van der Waals surface area contributed by atoms with Crippen LogP contribution >= 0.6 is 23.2 Å². The van der Waals surface area contributed by atoms with E-state index in [1.807, 2.05) is 0 Å². The number of hydrazine groups is 1. The summed E-state index contributed by atoms with van der Waals surface area (Å²) in [6.45, 7) is 0. The number of aromatic nitrogens is 1. The van der Waals surface area contributed by atoms with Crippen LogP contribution in [0.25, 0.3) is 0 Å². The molecule has 1 aromatic heterocycles. The van der Waals surface area contributed by atoms with Crippen LogP contribution in [0.4, 0.5) is 5.69 Å². The first-order chi connectivity index (χ1) is 8.68. The molecule has 0 spiro atoms. The van der Waals surface area contributed by atoms with Crippen molar-refractivity contribution in [3.8, 4) is 0 Å². The Balaban J connectivity index is 2.04. The lowest BCUT2D eigenvalue weighted by Gasteiger charge is -2.10. The zero-order chi connectivity index (χ0) is 13.0. The van der Waals surface area contributed by atoms with Crippen molar-refractivity contribution in [1.82, 2.24) is 10.4 Å². The highest BCUT2D eigenvalue weighted by Crippen LogP contribution is 2.28. The van der Waals surface area contributed by atoms with Crippen LogP contribution < -0.4 is 10.9 Å². The topological polar surface area (TPSA) is 54.0 Å². The molecule has 92 valence electrons. The van der Waals surface area contributed by atoms with Gasteiger partial charge in [0.15, 0.2) is 0 Å². The number of carbonyl (C=O) groups is 1. The average Bonchev–Trinajstić information content (AvgIpc) is 2.41. The predicted octanol–water partition coefficient (Wildman–Crippen LogP) is 3.15. The second-order valence-electron chi connectivity index (χ2n) is 3.40. The molecule has 2 rings (SSSR count). The van der Waals surface area contributed by atoms with Gasteiger partial charge >= 0.3 is 0 Å². The first kappa shape index (κ1) is 12.7. The minimum atomic E-state index is -0.355. The fraction of sp³-hybridized carbons (Fsp3) is 0. The maximum Gasteiger partial charge on any atom is 0.288 e. The zero-order valence-corrected chi connectivity index (χ0v) is 10.7. The summed E-state index contributed by atoms with van der Waals surface area (Å²) in [6.07, 6.45) is 1.54. The zero-order valence-electron chi connectivity index (χ0n) is 9.15. The molecule has 0 aliphatic heterocycles. The lowest BCUT2D eigenvalue weighted by Crippen LogP contribution is -2.30. The van der Waals surface area contributed by atoms with Gasteiger partial charge in [-0.2, -0.15) is 0 Å². The van der Waals surface area contributed by atoms with E-state index in [9.17, 15) is 4.79 Å². The summed E-state index contributed by atoms with van der Waals surface area (Å²) in [5.74, 6) is -0.355. The van der Waals surface area contributed by atoms with Crippen LogP contribution in [0.2, 0.25) is 10.0 Å². The van der Waals surface area contributed by atoms with Crippen molar-refractivity contribution in [3.05, 3.63) is 58.3 Å². The molecular formula is C12H9Cl2N3O. The van der Waals surface area contributed by atoms with Gasteiger partial charge in [-0.3, -0.25) is 20.6 Å². The molecule has 0 saturated heterocycles. The number of nitrogens with one attached hydrogen (secondary N) is 2. The number of hydrogen-bond acceptors (Lipinski definition) is 3. The number of amides is 1. The van der Waals surface area contributed by atoms with E-state index in [0.29, 0.717) is 21.4 Å². The highest BCUT2D eigenvalue weighted by atomic mass is 35.5. The maximum atomic E-state index is 11.7. The first-order valence-electron chi connectivity index (χ1n) is 5.10. The highest BCUT2D eigenvalue weighted by molar-refractivity contribution is 6.43. The molecule has 0 saturated carbocycles. The van der Waals surface area contributed by atoms with Gasteiger partial charge in [0.1, 0.15) is 5.69 Å². The molecule has 0 aliphatic rings. The lowest BCUT2D eigenvalue weighted by molar-refractivity contribution is 0.0958. The van der Waals surface area contributed by atoms with Crippen LogP contribution in [-0.2, 0) is 0 Å². The predicted molar refractivity (Wildman–Crippen MR) is 71.8 cm³/mol. The number of halogens is 2. The fourth-order valence-electron chi connectivity index (χ4n) is 1.29. The molecule has 1 amide bonds. The largest absolute Gasteiger partial charge is 0.297 e. The van der Waals surface area contributed by atoms with Gasteiger partial charge in [-0.25, -0.2) is 0 Å². The molecule has 1 aromatic carbocycles. The Labute approximate surface area is 114 Å². The molecule has 0 radical (unpaired) electrons. The Morgan fingerprint density at radius 2 is 1.94 bits per heavy atom. The number of nitrogens with zero attached hydrogens (tertiary/aromatic N) is 1. The fourth-order valence-corrected chi connectivity index (χ4v) is 1.63. The second-order valence-corrected chi connectivity index (χ2v) is 4.18. The number of rotatable bonds is 3. The molecule has 4 nitrogen and oxygen atoms in total. The number of hydrogen-bond donors (Lipinski definition) is 2. The number of benzene rings is 1. The Morgan fingerprint density at radius 1 is 1.11 bits per heavy atom. The Bertz CT molecular complexity index is 561. The molecule has 0 fully saturated rings. The van der Waals surface area contributed by atoms with Gasteiger partial charge in [0, 0.05) is 6.20 Å². The van der Waals surface area contributed by atoms with Crippen molar-refractivity contribution >= 4 is 34.8 Å². The van der Waals surface area contributed by atoms with E-state index in [1.54, 1.807) is 42.6 Å². The molecule has 0 unspecified atom stereocenters. The van der Waals surface area contributed by atoms with Gasteiger partial charge < -0.3 is 0 Å². The third-order valence-corrected chi connectivity index (χ3v) is 2.98. The van der Waals surface area contributed by atoms with E-state index in [0.717, 1.165) is 0 Å². The quantitative estimate of drug-likeness (QED) is 0.850. The first-order valence-corrected chi connectivity index (χ1v) is 5.85. The summed E-state index contributed by atoms with van der Waals surface area (Å²) in [7, 11) is 0. The summed E-state index contributed by atoms with van der Waals surface area (Å²) >= 11 is 11.8. The number of pyridine rings is 1. The smallest absolute Gasteiger partial charge is 0.288 e.